The van der Waals surface area contributed by atoms with Crippen LogP contribution in [0.25, 0.3) is 0 Å². The van der Waals surface area contributed by atoms with Gasteiger partial charge < -0.3 is 24.8 Å². The maximum absolute atomic E-state index is 14.1. The molecule has 2 heterocycles. The fourth-order valence-corrected chi connectivity index (χ4v) is 5.54. The Labute approximate surface area is 253 Å². The number of rotatable bonds is 15. The second-order valence-corrected chi connectivity index (χ2v) is 11.5. The van der Waals surface area contributed by atoms with Gasteiger partial charge in [0.05, 0.1) is 31.1 Å². The van der Waals surface area contributed by atoms with E-state index < -0.39 is 6.04 Å². The molecule has 0 aliphatic carbocycles. The molecule has 226 valence electrons. The molecular formula is C32H43N5O4S. The van der Waals surface area contributed by atoms with Gasteiger partial charge >= 0.3 is 0 Å². The minimum absolute atomic E-state index is 0.255. The number of amides is 1. The lowest BCUT2D eigenvalue weighted by molar-refractivity contribution is -0.113. The second-order valence-electron chi connectivity index (χ2n) is 10.5. The van der Waals surface area contributed by atoms with Crippen molar-refractivity contribution in [3.05, 3.63) is 59.3 Å². The number of allylic oxidation sites excluding steroid dienone is 1. The molecule has 0 radical (unpaired) electrons. The molecule has 0 saturated carbocycles. The molecule has 1 amide bonds. The van der Waals surface area contributed by atoms with Crippen LogP contribution in [-0.2, 0) is 4.79 Å². The van der Waals surface area contributed by atoms with Crippen molar-refractivity contribution in [2.45, 2.75) is 72.0 Å². The van der Waals surface area contributed by atoms with Gasteiger partial charge in [-0.1, -0.05) is 57.2 Å². The number of anilines is 2. The molecule has 10 heteroatoms. The monoisotopic (exact) mass is 593 g/mol. The van der Waals surface area contributed by atoms with Crippen molar-refractivity contribution >= 4 is 29.3 Å². The zero-order valence-corrected chi connectivity index (χ0v) is 26.3. The summed E-state index contributed by atoms with van der Waals surface area (Å²) in [5.41, 5.74) is 2.68. The first-order valence-corrected chi connectivity index (χ1v) is 15.8. The van der Waals surface area contributed by atoms with E-state index in [2.05, 4.69) is 31.4 Å². The molecule has 0 saturated heterocycles. The Hall–Kier alpha value is -3.66. The van der Waals surface area contributed by atoms with Crippen LogP contribution < -0.4 is 24.8 Å². The third-order valence-corrected chi connectivity index (χ3v) is 7.70. The standard InChI is InChI=1S/C32H43N5O4S/c1-7-10-19-42-32-35-31-33-22(6)28(30(38)34-24-13-11-12-14-25(24)39-8-2)29(37(31)36-32)23-15-16-26(40-9-3)27(20-23)41-18-17-21(4)5/h11-16,20-21,29H,7-10,17-19H2,1-6H3,(H,34,38)(H,33,35,36). The summed E-state index contributed by atoms with van der Waals surface area (Å²) < 4.78 is 19.7. The highest BCUT2D eigenvalue weighted by atomic mass is 32.2. The quantitative estimate of drug-likeness (QED) is 0.140. The van der Waals surface area contributed by atoms with Crippen LogP contribution in [0.3, 0.4) is 0 Å². The summed E-state index contributed by atoms with van der Waals surface area (Å²) in [6.07, 6.45) is 3.09. The maximum atomic E-state index is 14.1. The van der Waals surface area contributed by atoms with Crippen molar-refractivity contribution in [3.63, 3.8) is 0 Å². The topological polar surface area (TPSA) is 99.5 Å². The van der Waals surface area contributed by atoms with Gasteiger partial charge in [0.2, 0.25) is 11.1 Å². The molecule has 4 rings (SSSR count). The third-order valence-electron chi connectivity index (χ3n) is 6.78. The van der Waals surface area contributed by atoms with E-state index in [1.165, 1.54) is 0 Å². The summed E-state index contributed by atoms with van der Waals surface area (Å²) in [7, 11) is 0. The Kier molecular flexibility index (Phi) is 11.2. The molecule has 3 aromatic rings. The average molecular weight is 594 g/mol. The highest BCUT2D eigenvalue weighted by molar-refractivity contribution is 7.99. The lowest BCUT2D eigenvalue weighted by atomic mass is 9.94. The van der Waals surface area contributed by atoms with Crippen LogP contribution in [0.5, 0.6) is 17.2 Å². The number of nitrogens with one attached hydrogen (secondary N) is 2. The molecule has 0 spiro atoms. The SMILES string of the molecule is CCCCSc1nc2n(n1)C(c1ccc(OCC)c(OCCC(C)C)c1)C(C(=O)Nc1ccccc1OCC)=C(C)N2. The number of unbranched alkanes of at least 4 members (excludes halogenated alkanes) is 1. The number of ether oxygens (including phenoxy) is 3. The molecule has 0 fully saturated rings. The van der Waals surface area contributed by atoms with E-state index in [-0.39, 0.29) is 5.91 Å². The number of hydrogen-bond donors (Lipinski definition) is 2. The normalized spacial score (nSPS) is 14.4. The summed E-state index contributed by atoms with van der Waals surface area (Å²) in [6, 6.07) is 12.7. The van der Waals surface area contributed by atoms with Gasteiger partial charge in [-0.15, -0.1) is 5.10 Å². The van der Waals surface area contributed by atoms with E-state index in [9.17, 15) is 4.79 Å². The van der Waals surface area contributed by atoms with Gasteiger partial charge in [0.25, 0.3) is 5.91 Å². The largest absolute Gasteiger partial charge is 0.492 e. The van der Waals surface area contributed by atoms with Gasteiger partial charge in [-0.2, -0.15) is 4.98 Å². The third kappa shape index (κ3) is 7.59. The Morgan fingerprint density at radius 1 is 1.05 bits per heavy atom. The molecular weight excluding hydrogens is 550 g/mol. The van der Waals surface area contributed by atoms with E-state index in [1.54, 1.807) is 16.4 Å². The number of carbonyl (C=O) groups is 1. The van der Waals surface area contributed by atoms with Crippen LogP contribution in [0.15, 0.2) is 58.9 Å². The van der Waals surface area contributed by atoms with Gasteiger partial charge in [-0.3, -0.25) is 4.79 Å². The van der Waals surface area contributed by atoms with E-state index in [1.807, 2.05) is 63.2 Å². The first-order chi connectivity index (χ1) is 20.4. The van der Waals surface area contributed by atoms with Gasteiger partial charge in [0, 0.05) is 11.4 Å². The summed E-state index contributed by atoms with van der Waals surface area (Å²) in [5.74, 6) is 3.71. The fourth-order valence-electron chi connectivity index (χ4n) is 4.63. The summed E-state index contributed by atoms with van der Waals surface area (Å²) in [5, 5.41) is 12.0. The van der Waals surface area contributed by atoms with E-state index >= 15 is 0 Å². The number of nitrogens with zero attached hydrogens (tertiary/aromatic N) is 3. The lowest BCUT2D eigenvalue weighted by Gasteiger charge is -2.29. The minimum atomic E-state index is -0.545. The zero-order chi connectivity index (χ0) is 30.1. The number of hydrogen-bond acceptors (Lipinski definition) is 8. The van der Waals surface area contributed by atoms with E-state index in [4.69, 9.17) is 24.3 Å². The molecule has 2 N–H and O–H groups in total. The van der Waals surface area contributed by atoms with Crippen molar-refractivity contribution in [1.29, 1.82) is 0 Å². The van der Waals surface area contributed by atoms with Gasteiger partial charge in [-0.25, -0.2) is 4.68 Å². The number of fused-ring (bicyclic) bond motifs is 1. The number of aromatic nitrogens is 3. The van der Waals surface area contributed by atoms with Crippen LogP contribution in [0.2, 0.25) is 0 Å². The van der Waals surface area contributed by atoms with Gasteiger partial charge in [0.15, 0.2) is 11.5 Å². The van der Waals surface area contributed by atoms with Crippen LogP contribution in [0.4, 0.5) is 11.6 Å². The van der Waals surface area contributed by atoms with Crippen LogP contribution in [0, 0.1) is 5.92 Å². The van der Waals surface area contributed by atoms with Crippen molar-refractivity contribution in [3.8, 4) is 17.2 Å². The van der Waals surface area contributed by atoms with Crippen LogP contribution in [-0.4, -0.2) is 46.2 Å². The van der Waals surface area contributed by atoms with Crippen LogP contribution >= 0.6 is 11.8 Å². The molecule has 0 bridgehead atoms. The molecule has 1 unspecified atom stereocenters. The molecule has 1 aliphatic rings. The first kappa shape index (κ1) is 31.3. The Balaban J connectivity index is 1.76. The smallest absolute Gasteiger partial charge is 0.255 e. The molecule has 1 aliphatic heterocycles. The molecule has 9 nitrogen and oxygen atoms in total. The first-order valence-electron chi connectivity index (χ1n) is 14.9. The average Bonchev–Trinajstić information content (AvgIpc) is 3.36. The molecule has 2 aromatic carbocycles. The highest BCUT2D eigenvalue weighted by Crippen LogP contribution is 2.40. The van der Waals surface area contributed by atoms with Crippen molar-refractivity contribution in [1.82, 2.24) is 14.8 Å². The number of thioether (sulfide) groups is 1. The lowest BCUT2D eigenvalue weighted by Crippen LogP contribution is -2.31. The predicted molar refractivity (Wildman–Crippen MR) is 169 cm³/mol. The van der Waals surface area contributed by atoms with Gasteiger partial charge in [0.1, 0.15) is 11.8 Å². The fraction of sp³-hybridized carbons (Fsp3) is 0.469. The molecule has 1 aromatic heterocycles. The molecule has 42 heavy (non-hydrogen) atoms. The summed E-state index contributed by atoms with van der Waals surface area (Å²) in [6.45, 7) is 13.8. The highest BCUT2D eigenvalue weighted by Gasteiger charge is 2.35. The van der Waals surface area contributed by atoms with E-state index in [0.29, 0.717) is 71.0 Å². The Morgan fingerprint density at radius 3 is 2.55 bits per heavy atom. The minimum Gasteiger partial charge on any atom is -0.492 e. The van der Waals surface area contributed by atoms with E-state index in [0.717, 1.165) is 30.6 Å². The second kappa shape index (κ2) is 15.0. The Morgan fingerprint density at radius 2 is 1.81 bits per heavy atom. The number of benzene rings is 2. The maximum Gasteiger partial charge on any atom is 0.255 e. The summed E-state index contributed by atoms with van der Waals surface area (Å²) in [4.78, 5) is 18.8. The Bertz CT molecular complexity index is 1390. The summed E-state index contributed by atoms with van der Waals surface area (Å²) >= 11 is 1.62. The van der Waals surface area contributed by atoms with Crippen molar-refractivity contribution < 1.29 is 19.0 Å². The number of para-hydroxylation sites is 2. The molecule has 1 atom stereocenters. The van der Waals surface area contributed by atoms with Crippen molar-refractivity contribution in [2.24, 2.45) is 5.92 Å². The van der Waals surface area contributed by atoms with Crippen molar-refractivity contribution in [2.75, 3.05) is 36.2 Å². The predicted octanol–water partition coefficient (Wildman–Crippen LogP) is 7.32. The zero-order valence-electron chi connectivity index (χ0n) is 25.5. The van der Waals surface area contributed by atoms with Gasteiger partial charge in [-0.05, 0) is 69.4 Å². The number of carbonyl (C=O) groups excluding carboxylic acids is 1. The van der Waals surface area contributed by atoms with Crippen LogP contribution in [0.1, 0.15) is 72.4 Å².